The van der Waals surface area contributed by atoms with Crippen LogP contribution in [0.2, 0.25) is 0 Å². The van der Waals surface area contributed by atoms with Crippen LogP contribution in [0.5, 0.6) is 5.75 Å². The summed E-state index contributed by atoms with van der Waals surface area (Å²) in [7, 11) is 1.68. The molecule has 3 amide bonds. The minimum absolute atomic E-state index is 0.0217. The van der Waals surface area contributed by atoms with Gasteiger partial charge < -0.3 is 9.64 Å². The molecule has 2 heterocycles. The van der Waals surface area contributed by atoms with Crippen molar-refractivity contribution in [2.75, 3.05) is 26.7 Å². The third kappa shape index (κ3) is 4.24. The fraction of sp³-hybridized carbons (Fsp3) is 0.462. The molecule has 170 valence electrons. The number of hydrogen-bond acceptors (Lipinski definition) is 4. The molecule has 0 radical (unpaired) electrons. The highest BCUT2D eigenvalue weighted by Gasteiger charge is 2.58. The fourth-order valence-corrected chi connectivity index (χ4v) is 4.98. The van der Waals surface area contributed by atoms with E-state index in [-0.39, 0.29) is 18.0 Å². The number of rotatable bonds is 7. The number of carbonyl (C=O) groups excluding carboxylic acids is 2. The molecule has 0 bridgehead atoms. The van der Waals surface area contributed by atoms with Crippen LogP contribution in [0.4, 0.5) is 4.79 Å². The molecule has 1 spiro atoms. The van der Waals surface area contributed by atoms with Gasteiger partial charge in [0.25, 0.3) is 5.91 Å². The van der Waals surface area contributed by atoms with Gasteiger partial charge in [0, 0.05) is 32.2 Å². The summed E-state index contributed by atoms with van der Waals surface area (Å²) in [4.78, 5) is 32.5. The maximum absolute atomic E-state index is 13.5. The lowest BCUT2D eigenvalue weighted by Crippen LogP contribution is -2.56. The Morgan fingerprint density at radius 2 is 1.66 bits per heavy atom. The first-order chi connectivity index (χ1) is 15.4. The van der Waals surface area contributed by atoms with E-state index in [1.807, 2.05) is 49.1 Å². The van der Waals surface area contributed by atoms with Crippen LogP contribution in [0, 0.1) is 0 Å². The lowest BCUT2D eigenvalue weighted by Gasteiger charge is -2.42. The molecule has 2 aromatic carbocycles. The maximum atomic E-state index is 13.5. The Labute approximate surface area is 190 Å². The topological polar surface area (TPSA) is 53.1 Å². The van der Waals surface area contributed by atoms with E-state index in [1.54, 1.807) is 7.11 Å². The quantitative estimate of drug-likeness (QED) is 0.618. The number of benzene rings is 2. The first kappa shape index (κ1) is 22.3. The standard InChI is InChI=1S/C26H33N3O3/c1-20(2)29-24(30)26(28(25(29)31)15-12-21-8-5-4-6-9-21)13-16-27(17-14-26)19-22-10-7-11-23(18-22)32-3/h4-11,18,20H,12-17,19H2,1-3H3. The fourth-order valence-electron chi connectivity index (χ4n) is 4.98. The first-order valence-electron chi connectivity index (χ1n) is 11.5. The van der Waals surface area contributed by atoms with Gasteiger partial charge in [0.2, 0.25) is 0 Å². The Morgan fingerprint density at radius 1 is 0.969 bits per heavy atom. The smallest absolute Gasteiger partial charge is 0.327 e. The SMILES string of the molecule is COc1cccc(CN2CCC3(CC2)C(=O)N(C(C)C)C(=O)N3CCc2ccccc2)c1. The minimum atomic E-state index is -0.721. The average molecular weight is 436 g/mol. The lowest BCUT2D eigenvalue weighted by atomic mass is 9.85. The average Bonchev–Trinajstić information content (AvgIpc) is 3.00. The largest absolute Gasteiger partial charge is 0.497 e. The third-order valence-electron chi connectivity index (χ3n) is 6.78. The molecule has 0 unspecified atom stereocenters. The number of amides is 3. The number of imide groups is 1. The van der Waals surface area contributed by atoms with Crippen molar-refractivity contribution in [2.45, 2.75) is 51.2 Å². The lowest BCUT2D eigenvalue weighted by molar-refractivity contribution is -0.136. The minimum Gasteiger partial charge on any atom is -0.497 e. The van der Waals surface area contributed by atoms with Crippen molar-refractivity contribution >= 4 is 11.9 Å². The Morgan fingerprint density at radius 3 is 2.31 bits per heavy atom. The summed E-state index contributed by atoms with van der Waals surface area (Å²) in [6, 6.07) is 18.0. The Balaban J connectivity index is 1.49. The van der Waals surface area contributed by atoms with Gasteiger partial charge in [0.15, 0.2) is 0 Å². The molecule has 6 heteroatoms. The second-order valence-corrected chi connectivity index (χ2v) is 9.10. The predicted octanol–water partition coefficient (Wildman–Crippen LogP) is 3.95. The molecule has 0 aliphatic carbocycles. The zero-order valence-electron chi connectivity index (χ0n) is 19.3. The van der Waals surface area contributed by atoms with Crippen LogP contribution >= 0.6 is 0 Å². The Bertz CT molecular complexity index is 952. The van der Waals surface area contributed by atoms with Gasteiger partial charge in [-0.15, -0.1) is 0 Å². The van der Waals surface area contributed by atoms with Crippen LogP contribution in [-0.2, 0) is 17.8 Å². The van der Waals surface area contributed by atoms with Gasteiger partial charge in [-0.3, -0.25) is 14.6 Å². The molecule has 4 rings (SSSR count). The summed E-state index contributed by atoms with van der Waals surface area (Å²) < 4.78 is 5.34. The molecule has 2 saturated heterocycles. The van der Waals surface area contributed by atoms with E-state index < -0.39 is 5.54 Å². The van der Waals surface area contributed by atoms with Crippen LogP contribution in [0.15, 0.2) is 54.6 Å². The summed E-state index contributed by atoms with van der Waals surface area (Å²) in [5, 5.41) is 0. The van der Waals surface area contributed by atoms with E-state index in [2.05, 4.69) is 29.2 Å². The van der Waals surface area contributed by atoms with Crippen LogP contribution in [0.25, 0.3) is 0 Å². The number of piperidine rings is 1. The van der Waals surface area contributed by atoms with Crippen molar-refractivity contribution in [1.29, 1.82) is 0 Å². The molecule has 2 aliphatic rings. The molecule has 0 atom stereocenters. The summed E-state index contributed by atoms with van der Waals surface area (Å²) in [6.45, 7) is 6.78. The molecule has 2 aromatic rings. The van der Waals surface area contributed by atoms with Gasteiger partial charge in [-0.1, -0.05) is 42.5 Å². The van der Waals surface area contributed by atoms with E-state index >= 15 is 0 Å². The van der Waals surface area contributed by atoms with Crippen LogP contribution < -0.4 is 4.74 Å². The highest BCUT2D eigenvalue weighted by molar-refractivity contribution is 6.07. The maximum Gasteiger partial charge on any atom is 0.327 e. The summed E-state index contributed by atoms with van der Waals surface area (Å²) >= 11 is 0. The van der Waals surface area contributed by atoms with Crippen LogP contribution in [0.3, 0.4) is 0 Å². The first-order valence-corrected chi connectivity index (χ1v) is 11.5. The highest BCUT2D eigenvalue weighted by Crippen LogP contribution is 2.38. The van der Waals surface area contributed by atoms with Crippen molar-refractivity contribution in [3.05, 3.63) is 65.7 Å². The summed E-state index contributed by atoms with van der Waals surface area (Å²) in [5.74, 6) is 0.832. The summed E-state index contributed by atoms with van der Waals surface area (Å²) in [5.41, 5.74) is 1.65. The monoisotopic (exact) mass is 435 g/mol. The number of nitrogens with zero attached hydrogens (tertiary/aromatic N) is 3. The number of likely N-dealkylation sites (tertiary alicyclic amines) is 1. The second-order valence-electron chi connectivity index (χ2n) is 9.10. The van der Waals surface area contributed by atoms with Crippen LogP contribution in [-0.4, -0.2) is 65.0 Å². The molecule has 6 nitrogen and oxygen atoms in total. The van der Waals surface area contributed by atoms with Gasteiger partial charge >= 0.3 is 6.03 Å². The zero-order chi connectivity index (χ0) is 22.7. The number of urea groups is 1. The van der Waals surface area contributed by atoms with Crippen molar-refractivity contribution in [3.8, 4) is 5.75 Å². The molecular weight excluding hydrogens is 402 g/mol. The van der Waals surface area contributed by atoms with Crippen molar-refractivity contribution < 1.29 is 14.3 Å². The van der Waals surface area contributed by atoms with E-state index in [4.69, 9.17) is 4.74 Å². The normalized spacial score (nSPS) is 18.8. The van der Waals surface area contributed by atoms with Crippen molar-refractivity contribution in [3.63, 3.8) is 0 Å². The molecule has 0 saturated carbocycles. The van der Waals surface area contributed by atoms with Crippen molar-refractivity contribution in [2.24, 2.45) is 0 Å². The zero-order valence-corrected chi connectivity index (χ0v) is 19.3. The van der Waals surface area contributed by atoms with Gasteiger partial charge in [-0.05, 0) is 56.4 Å². The number of carbonyl (C=O) groups is 2. The van der Waals surface area contributed by atoms with E-state index in [1.165, 1.54) is 16.0 Å². The number of methoxy groups -OCH3 is 1. The van der Waals surface area contributed by atoms with Crippen molar-refractivity contribution in [1.82, 2.24) is 14.7 Å². The van der Waals surface area contributed by atoms with Gasteiger partial charge in [0.1, 0.15) is 11.3 Å². The highest BCUT2D eigenvalue weighted by atomic mass is 16.5. The van der Waals surface area contributed by atoms with Crippen LogP contribution in [0.1, 0.15) is 37.8 Å². The van der Waals surface area contributed by atoms with Gasteiger partial charge in [0.05, 0.1) is 7.11 Å². The van der Waals surface area contributed by atoms with E-state index in [0.717, 1.165) is 31.8 Å². The Hall–Kier alpha value is -2.86. The number of ether oxygens (including phenoxy) is 1. The molecular formula is C26H33N3O3. The van der Waals surface area contributed by atoms with E-state index in [0.29, 0.717) is 19.4 Å². The molecule has 2 aliphatic heterocycles. The number of hydrogen-bond donors (Lipinski definition) is 0. The summed E-state index contributed by atoms with van der Waals surface area (Å²) in [6.07, 6.45) is 2.08. The predicted molar refractivity (Wildman–Crippen MR) is 124 cm³/mol. The second kappa shape index (κ2) is 9.33. The molecule has 0 aromatic heterocycles. The Kier molecular flexibility index (Phi) is 6.51. The van der Waals surface area contributed by atoms with Gasteiger partial charge in [-0.2, -0.15) is 0 Å². The van der Waals surface area contributed by atoms with E-state index in [9.17, 15) is 9.59 Å². The molecule has 2 fully saturated rings. The van der Waals surface area contributed by atoms with Gasteiger partial charge in [-0.25, -0.2) is 4.79 Å². The third-order valence-corrected chi connectivity index (χ3v) is 6.78. The molecule has 0 N–H and O–H groups in total. The molecule has 32 heavy (non-hydrogen) atoms.